The molecule has 0 saturated heterocycles. The Labute approximate surface area is 207 Å². The molecular weight excluding hydrogens is 467 g/mol. The molecule has 36 heavy (non-hydrogen) atoms. The molecule has 2 unspecified atom stereocenters. The largest absolute Gasteiger partial charge is 0.481 e. The average Bonchev–Trinajstić information content (AvgIpc) is 3.13. The number of amides is 2. The summed E-state index contributed by atoms with van der Waals surface area (Å²) in [6.45, 7) is -0.140. The lowest BCUT2D eigenvalue weighted by atomic mass is 9.92. The van der Waals surface area contributed by atoms with Crippen molar-refractivity contribution in [3.8, 4) is 17.0 Å². The van der Waals surface area contributed by atoms with E-state index in [1.165, 1.54) is 13.2 Å². The van der Waals surface area contributed by atoms with Gasteiger partial charge in [0.15, 0.2) is 0 Å². The molecule has 2 amide bonds. The number of aliphatic hydroxyl groups excluding tert-OH is 1. The number of aliphatic carboxylic acids is 1. The summed E-state index contributed by atoms with van der Waals surface area (Å²) >= 11 is 0. The minimum atomic E-state index is -1.29. The molecule has 0 radical (unpaired) electrons. The fourth-order valence-electron chi connectivity index (χ4n) is 4.30. The van der Waals surface area contributed by atoms with Crippen LogP contribution in [0, 0.1) is 11.7 Å². The van der Waals surface area contributed by atoms with Crippen LogP contribution in [0.2, 0.25) is 0 Å². The number of fused-ring (bicyclic) bond motifs is 1. The van der Waals surface area contributed by atoms with Gasteiger partial charge in [-0.25, -0.2) is 9.37 Å². The van der Waals surface area contributed by atoms with Crippen LogP contribution in [0.25, 0.3) is 11.1 Å². The summed E-state index contributed by atoms with van der Waals surface area (Å²) in [7, 11) is 1.50. The van der Waals surface area contributed by atoms with Gasteiger partial charge >= 0.3 is 5.97 Å². The molecule has 8 nitrogen and oxygen atoms in total. The Balaban J connectivity index is 1.37. The van der Waals surface area contributed by atoms with Gasteiger partial charge in [0.1, 0.15) is 5.82 Å². The zero-order valence-corrected chi connectivity index (χ0v) is 19.6. The molecule has 1 aromatic heterocycles. The minimum absolute atomic E-state index is 0.000552. The lowest BCUT2D eigenvalue weighted by Gasteiger charge is -2.22. The number of hydrogen-bond acceptors (Lipinski definition) is 6. The van der Waals surface area contributed by atoms with E-state index >= 15 is 0 Å². The topological polar surface area (TPSA) is 117 Å². The number of carboxylic acids is 1. The number of methoxy groups -OCH3 is 1. The van der Waals surface area contributed by atoms with Crippen molar-refractivity contribution < 1.29 is 33.7 Å². The maximum Gasteiger partial charge on any atom is 0.309 e. The first-order chi connectivity index (χ1) is 17.3. The molecule has 0 saturated carbocycles. The van der Waals surface area contributed by atoms with E-state index in [1.807, 2.05) is 0 Å². The number of imide groups is 1. The Hall–Kier alpha value is -4.11. The van der Waals surface area contributed by atoms with E-state index in [0.29, 0.717) is 22.6 Å². The van der Waals surface area contributed by atoms with Gasteiger partial charge in [-0.2, -0.15) is 0 Å². The van der Waals surface area contributed by atoms with Gasteiger partial charge in [-0.15, -0.1) is 0 Å². The summed E-state index contributed by atoms with van der Waals surface area (Å²) in [6.07, 6.45) is 0.281. The van der Waals surface area contributed by atoms with E-state index in [0.717, 1.165) is 4.90 Å². The Bertz CT molecular complexity index is 1260. The number of hydrogen-bond donors (Lipinski definition) is 2. The van der Waals surface area contributed by atoms with Crippen LogP contribution >= 0.6 is 0 Å². The van der Waals surface area contributed by atoms with Crippen LogP contribution < -0.4 is 4.74 Å². The lowest BCUT2D eigenvalue weighted by molar-refractivity contribution is -0.146. The molecule has 0 spiro atoms. The molecule has 3 aromatic rings. The van der Waals surface area contributed by atoms with Crippen molar-refractivity contribution in [1.29, 1.82) is 0 Å². The predicted octanol–water partition coefficient (Wildman–Crippen LogP) is 3.58. The number of benzene rings is 2. The molecular formula is C27H25FN2O6. The number of carbonyl (C=O) groups is 3. The van der Waals surface area contributed by atoms with Crippen molar-refractivity contribution in [3.63, 3.8) is 0 Å². The van der Waals surface area contributed by atoms with Crippen molar-refractivity contribution in [3.05, 3.63) is 83.3 Å². The third-order valence-electron chi connectivity index (χ3n) is 6.36. The molecule has 0 fully saturated rings. The summed E-state index contributed by atoms with van der Waals surface area (Å²) in [5.74, 6) is -3.47. The minimum Gasteiger partial charge on any atom is -0.481 e. The van der Waals surface area contributed by atoms with Crippen LogP contribution in [0.1, 0.15) is 39.1 Å². The maximum absolute atomic E-state index is 14.7. The summed E-state index contributed by atoms with van der Waals surface area (Å²) in [5.41, 5.74) is 2.22. The van der Waals surface area contributed by atoms with Gasteiger partial charge in [0.2, 0.25) is 5.88 Å². The average molecular weight is 493 g/mol. The van der Waals surface area contributed by atoms with E-state index in [4.69, 9.17) is 4.74 Å². The van der Waals surface area contributed by atoms with Crippen molar-refractivity contribution >= 4 is 17.8 Å². The van der Waals surface area contributed by atoms with Gasteiger partial charge in [0.05, 0.1) is 30.3 Å². The first-order valence-corrected chi connectivity index (χ1v) is 11.4. The Kier molecular flexibility index (Phi) is 7.40. The maximum atomic E-state index is 14.7. The monoisotopic (exact) mass is 492 g/mol. The van der Waals surface area contributed by atoms with Gasteiger partial charge in [-0.1, -0.05) is 24.3 Å². The summed E-state index contributed by atoms with van der Waals surface area (Å²) in [4.78, 5) is 42.0. The van der Waals surface area contributed by atoms with E-state index in [9.17, 15) is 29.0 Å². The number of aliphatic hydroxyl groups is 1. The highest BCUT2D eigenvalue weighted by Crippen LogP contribution is 2.26. The number of rotatable bonds is 10. The van der Waals surface area contributed by atoms with Crippen molar-refractivity contribution in [2.45, 2.75) is 25.4 Å². The first kappa shape index (κ1) is 25.0. The molecule has 2 heterocycles. The second-order valence-corrected chi connectivity index (χ2v) is 8.54. The number of halogens is 1. The summed E-state index contributed by atoms with van der Waals surface area (Å²) in [6, 6.07) is 14.5. The van der Waals surface area contributed by atoms with E-state index < -0.39 is 35.6 Å². The third kappa shape index (κ3) is 5.11. The molecule has 2 aromatic carbocycles. The number of aryl methyl sites for hydroxylation is 1. The Morgan fingerprint density at radius 1 is 1.03 bits per heavy atom. The second kappa shape index (κ2) is 10.7. The van der Waals surface area contributed by atoms with Crippen molar-refractivity contribution in [1.82, 2.24) is 9.88 Å². The molecule has 2 N–H and O–H groups in total. The highest BCUT2D eigenvalue weighted by Gasteiger charge is 2.36. The highest BCUT2D eigenvalue weighted by atomic mass is 19.1. The number of ether oxygens (including phenoxy) is 1. The number of carboxylic acid groups (broad SMARTS) is 1. The zero-order chi connectivity index (χ0) is 25.8. The lowest BCUT2D eigenvalue weighted by Crippen LogP contribution is -2.36. The van der Waals surface area contributed by atoms with Crippen molar-refractivity contribution in [2.75, 3.05) is 13.7 Å². The number of pyridine rings is 1. The molecule has 9 heteroatoms. The molecule has 186 valence electrons. The quantitative estimate of drug-likeness (QED) is 0.416. The van der Waals surface area contributed by atoms with E-state index in [-0.39, 0.29) is 36.9 Å². The molecule has 4 rings (SSSR count). The fraction of sp³-hybridized carbons (Fsp3) is 0.259. The smallest absolute Gasteiger partial charge is 0.309 e. The molecule has 1 aliphatic heterocycles. The Morgan fingerprint density at radius 2 is 1.69 bits per heavy atom. The van der Waals surface area contributed by atoms with Crippen LogP contribution in [0.5, 0.6) is 5.88 Å². The third-order valence-corrected chi connectivity index (χ3v) is 6.36. The van der Waals surface area contributed by atoms with Crippen LogP contribution in [0.3, 0.4) is 0 Å². The molecule has 2 atom stereocenters. The SMILES string of the molecule is COc1ccc(-c2ccc(CCC(O)C(CCN3C(=O)c4ccccc4C3=O)C(=O)O)c(F)c2)cn1. The molecule has 0 aliphatic carbocycles. The van der Waals surface area contributed by atoms with Crippen LogP contribution in [-0.2, 0) is 11.2 Å². The number of carbonyl (C=O) groups excluding carboxylic acids is 2. The van der Waals surface area contributed by atoms with Crippen LogP contribution in [-0.4, -0.2) is 57.6 Å². The van der Waals surface area contributed by atoms with Crippen molar-refractivity contribution in [2.24, 2.45) is 5.92 Å². The Morgan fingerprint density at radius 3 is 2.25 bits per heavy atom. The van der Waals surface area contributed by atoms with Gasteiger partial charge < -0.3 is 14.9 Å². The van der Waals surface area contributed by atoms with Gasteiger partial charge in [-0.05, 0) is 54.7 Å². The van der Waals surface area contributed by atoms with Gasteiger partial charge in [0.25, 0.3) is 11.8 Å². The number of aromatic nitrogens is 1. The normalized spacial score (nSPS) is 14.5. The van der Waals surface area contributed by atoms with Crippen LogP contribution in [0.4, 0.5) is 4.39 Å². The summed E-state index contributed by atoms with van der Waals surface area (Å²) < 4.78 is 19.8. The van der Waals surface area contributed by atoms with Crippen LogP contribution in [0.15, 0.2) is 60.8 Å². The first-order valence-electron chi connectivity index (χ1n) is 11.4. The second-order valence-electron chi connectivity index (χ2n) is 8.54. The predicted molar refractivity (Wildman–Crippen MR) is 128 cm³/mol. The number of nitrogens with zero attached hydrogens (tertiary/aromatic N) is 2. The van der Waals surface area contributed by atoms with E-state index in [1.54, 1.807) is 54.7 Å². The standard InChI is InChI=1S/C27H25FN2O6/c1-36-24-11-9-18(15-29-24)17-7-6-16(22(28)14-17)8-10-23(31)21(27(34)35)12-13-30-25(32)19-4-2-3-5-20(19)26(30)33/h2-7,9,11,14-15,21,23,31H,8,10,12-13H2,1H3,(H,34,35). The zero-order valence-electron chi connectivity index (χ0n) is 19.6. The summed E-state index contributed by atoms with van der Waals surface area (Å²) in [5, 5.41) is 20.2. The van der Waals surface area contributed by atoms with Gasteiger partial charge in [-0.3, -0.25) is 19.3 Å². The van der Waals surface area contributed by atoms with E-state index in [2.05, 4.69) is 4.98 Å². The molecule has 1 aliphatic rings. The van der Waals surface area contributed by atoms with Gasteiger partial charge in [0, 0.05) is 24.4 Å². The molecule has 0 bridgehead atoms. The highest BCUT2D eigenvalue weighted by molar-refractivity contribution is 6.21. The fourth-order valence-corrected chi connectivity index (χ4v) is 4.30.